The summed E-state index contributed by atoms with van der Waals surface area (Å²) in [5, 5.41) is -0.243. The summed E-state index contributed by atoms with van der Waals surface area (Å²) in [7, 11) is -4.69. The normalized spacial score (nSPS) is 15.3. The zero-order valence-corrected chi connectivity index (χ0v) is 13.2. The molecule has 5 nitrogen and oxygen atoms in total. The van der Waals surface area contributed by atoms with Gasteiger partial charge in [0.2, 0.25) is 10.0 Å². The first kappa shape index (κ1) is 15.6. The van der Waals surface area contributed by atoms with Gasteiger partial charge in [0.1, 0.15) is 0 Å². The zero-order valence-electron chi connectivity index (χ0n) is 10.0. The second-order valence-electron chi connectivity index (χ2n) is 3.85. The summed E-state index contributed by atoms with van der Waals surface area (Å²) in [5.41, 5.74) is 6.02. The molecule has 0 aromatic heterocycles. The Hall–Kier alpha value is -0.440. The van der Waals surface area contributed by atoms with E-state index in [0.29, 0.717) is 10.2 Å². The van der Waals surface area contributed by atoms with Crippen LogP contribution >= 0.6 is 15.9 Å². The third kappa shape index (κ3) is 4.04. The van der Waals surface area contributed by atoms with Gasteiger partial charge in [-0.15, -0.1) is 0 Å². The molecule has 1 aromatic rings. The van der Waals surface area contributed by atoms with Gasteiger partial charge in [0.25, 0.3) is 0 Å². The number of nitrogens with two attached hydrogens (primary N) is 1. The second kappa shape index (κ2) is 6.14. The number of hydrogen-bond donors (Lipinski definition) is 2. The zero-order chi connectivity index (χ0) is 13.9. The molecular formula is C10H15BrN2O3S2. The van der Waals surface area contributed by atoms with E-state index >= 15 is 0 Å². The predicted molar refractivity (Wildman–Crippen MR) is 77.3 cm³/mol. The molecule has 8 heteroatoms. The Balaban J connectivity index is 2.90. The first-order valence-electron chi connectivity index (χ1n) is 5.11. The number of rotatable bonds is 5. The second-order valence-corrected chi connectivity index (χ2v) is 8.24. The molecule has 0 aliphatic rings. The fourth-order valence-electron chi connectivity index (χ4n) is 1.16. The Bertz CT molecular complexity index is 560. The Kier molecular flexibility index (Phi) is 5.32. The Morgan fingerprint density at radius 2 is 2.11 bits per heavy atom. The van der Waals surface area contributed by atoms with Crippen molar-refractivity contribution in [2.45, 2.75) is 17.1 Å². The number of nitrogens with one attached hydrogen (secondary N) is 1. The summed E-state index contributed by atoms with van der Waals surface area (Å²) < 4.78 is 38.0. The quantitative estimate of drug-likeness (QED) is 0.774. The molecule has 18 heavy (non-hydrogen) atoms. The van der Waals surface area contributed by atoms with E-state index in [-0.39, 0.29) is 16.7 Å². The molecular weight excluding hydrogens is 340 g/mol. The molecule has 0 radical (unpaired) electrons. The number of benzene rings is 1. The molecule has 102 valence electrons. The minimum Gasteiger partial charge on any atom is -0.399 e. The lowest BCUT2D eigenvalue weighted by atomic mass is 10.3. The molecule has 1 rings (SSSR count). The van der Waals surface area contributed by atoms with Gasteiger partial charge in [-0.2, -0.15) is 0 Å². The average molecular weight is 355 g/mol. The molecule has 2 atom stereocenters. The van der Waals surface area contributed by atoms with Gasteiger partial charge in [0.05, 0.1) is 4.90 Å². The number of hydrogen-bond acceptors (Lipinski definition) is 4. The van der Waals surface area contributed by atoms with E-state index in [4.69, 9.17) is 5.73 Å². The van der Waals surface area contributed by atoms with E-state index in [1.54, 1.807) is 6.92 Å². The van der Waals surface area contributed by atoms with Crippen molar-refractivity contribution < 1.29 is 12.6 Å². The van der Waals surface area contributed by atoms with Gasteiger partial charge in [-0.3, -0.25) is 4.21 Å². The van der Waals surface area contributed by atoms with Gasteiger partial charge in [-0.25, -0.2) is 13.1 Å². The van der Waals surface area contributed by atoms with Crippen molar-refractivity contribution >= 4 is 42.4 Å². The van der Waals surface area contributed by atoms with E-state index in [2.05, 4.69) is 20.7 Å². The van der Waals surface area contributed by atoms with Crippen LogP contribution in [0, 0.1) is 0 Å². The summed E-state index contributed by atoms with van der Waals surface area (Å²) in [5.74, 6) is 0. The van der Waals surface area contributed by atoms with E-state index in [0.717, 1.165) is 0 Å². The van der Waals surface area contributed by atoms with E-state index in [1.807, 2.05) is 0 Å². The van der Waals surface area contributed by atoms with Crippen molar-refractivity contribution in [2.75, 3.05) is 18.5 Å². The molecule has 2 unspecified atom stereocenters. The highest BCUT2D eigenvalue weighted by Crippen LogP contribution is 2.23. The van der Waals surface area contributed by atoms with Crippen LogP contribution in [-0.2, 0) is 20.8 Å². The van der Waals surface area contributed by atoms with Gasteiger partial charge in [0.15, 0.2) is 0 Å². The highest BCUT2D eigenvalue weighted by molar-refractivity contribution is 9.10. The predicted octanol–water partition coefficient (Wildman–Crippen LogP) is 1.08. The lowest BCUT2D eigenvalue weighted by Crippen LogP contribution is -2.32. The SMILES string of the molecule is CC(CNS(=O)(=O)c1ccc(N)cc1Br)S(C)=O. The summed E-state index contributed by atoms with van der Waals surface area (Å²) >= 11 is 3.16. The van der Waals surface area contributed by atoms with Gasteiger partial charge in [0, 0.05) is 39.0 Å². The molecule has 0 saturated heterocycles. The van der Waals surface area contributed by atoms with Crippen LogP contribution in [0.25, 0.3) is 0 Å². The summed E-state index contributed by atoms with van der Waals surface area (Å²) in [6.45, 7) is 1.85. The fraction of sp³-hybridized carbons (Fsp3) is 0.400. The molecule has 0 fully saturated rings. The minimum atomic E-state index is -3.62. The van der Waals surface area contributed by atoms with Crippen molar-refractivity contribution in [1.29, 1.82) is 0 Å². The van der Waals surface area contributed by atoms with Crippen LogP contribution in [0.2, 0.25) is 0 Å². The lowest BCUT2D eigenvalue weighted by Gasteiger charge is -2.12. The maximum Gasteiger partial charge on any atom is 0.241 e. The van der Waals surface area contributed by atoms with Crippen molar-refractivity contribution in [2.24, 2.45) is 0 Å². The van der Waals surface area contributed by atoms with E-state index in [9.17, 15) is 12.6 Å². The first-order valence-corrected chi connectivity index (χ1v) is 9.00. The van der Waals surface area contributed by atoms with Gasteiger partial charge < -0.3 is 5.73 Å². The van der Waals surface area contributed by atoms with Crippen LogP contribution in [0.3, 0.4) is 0 Å². The molecule has 1 aromatic carbocycles. The third-order valence-corrected chi connectivity index (χ3v) is 6.07. The van der Waals surface area contributed by atoms with Crippen LogP contribution < -0.4 is 10.5 Å². The molecule has 0 aliphatic heterocycles. The lowest BCUT2D eigenvalue weighted by molar-refractivity contribution is 0.580. The third-order valence-electron chi connectivity index (χ3n) is 2.37. The summed E-state index contributed by atoms with van der Waals surface area (Å²) in [6.07, 6.45) is 1.54. The molecule has 0 saturated carbocycles. The molecule has 0 amide bonds. The largest absolute Gasteiger partial charge is 0.399 e. The van der Waals surface area contributed by atoms with Crippen LogP contribution in [0.5, 0.6) is 0 Å². The topological polar surface area (TPSA) is 89.3 Å². The van der Waals surface area contributed by atoms with Gasteiger partial charge >= 0.3 is 0 Å². The van der Waals surface area contributed by atoms with Gasteiger partial charge in [-0.05, 0) is 41.1 Å². The standard InChI is InChI=1S/C10H15BrN2O3S2/c1-7(17(2)14)6-13-18(15,16)10-4-3-8(12)5-9(10)11/h3-5,7,13H,6,12H2,1-2H3. The Morgan fingerprint density at radius 3 is 2.61 bits per heavy atom. The maximum absolute atomic E-state index is 12.0. The highest BCUT2D eigenvalue weighted by atomic mass is 79.9. The van der Waals surface area contributed by atoms with Crippen molar-refractivity contribution in [3.8, 4) is 0 Å². The van der Waals surface area contributed by atoms with Crippen LogP contribution in [0.4, 0.5) is 5.69 Å². The molecule has 0 bridgehead atoms. The van der Waals surface area contributed by atoms with Crippen molar-refractivity contribution in [1.82, 2.24) is 4.72 Å². The number of anilines is 1. The Labute approximate surface area is 118 Å². The van der Waals surface area contributed by atoms with Crippen LogP contribution in [-0.4, -0.2) is 30.7 Å². The van der Waals surface area contributed by atoms with Crippen molar-refractivity contribution in [3.63, 3.8) is 0 Å². The van der Waals surface area contributed by atoms with Crippen LogP contribution in [0.1, 0.15) is 6.92 Å². The molecule has 3 N–H and O–H groups in total. The fourth-order valence-corrected chi connectivity index (χ4v) is 3.80. The van der Waals surface area contributed by atoms with Crippen molar-refractivity contribution in [3.05, 3.63) is 22.7 Å². The highest BCUT2D eigenvalue weighted by Gasteiger charge is 2.19. The number of sulfonamides is 1. The monoisotopic (exact) mass is 354 g/mol. The van der Waals surface area contributed by atoms with Gasteiger partial charge in [-0.1, -0.05) is 0 Å². The van der Waals surface area contributed by atoms with E-state index < -0.39 is 20.8 Å². The molecule has 0 spiro atoms. The Morgan fingerprint density at radius 1 is 1.50 bits per heavy atom. The van der Waals surface area contributed by atoms with E-state index in [1.165, 1.54) is 24.5 Å². The summed E-state index contributed by atoms with van der Waals surface area (Å²) in [6, 6.07) is 4.46. The average Bonchev–Trinajstić information content (AvgIpc) is 2.25. The summed E-state index contributed by atoms with van der Waals surface area (Å²) in [4.78, 5) is 0.116. The van der Waals surface area contributed by atoms with Crippen LogP contribution in [0.15, 0.2) is 27.6 Å². The maximum atomic E-state index is 12.0. The minimum absolute atomic E-state index is 0.116. The smallest absolute Gasteiger partial charge is 0.241 e. The molecule has 0 heterocycles. The first-order chi connectivity index (χ1) is 8.24. The number of nitrogen functional groups attached to an aromatic ring is 1. The number of halogens is 1. The molecule has 0 aliphatic carbocycles.